The third-order valence-corrected chi connectivity index (χ3v) is 3.29. The predicted molar refractivity (Wildman–Crippen MR) is 63.7 cm³/mol. The lowest BCUT2D eigenvalue weighted by Gasteiger charge is -2.16. The number of rotatable bonds is 3. The number of nitrogens with one attached hydrogen (secondary N) is 1. The summed E-state index contributed by atoms with van der Waals surface area (Å²) >= 11 is 8.77. The number of alkyl halides is 3. The molecular formula is C10H6BrClF3NO3. The van der Waals surface area contributed by atoms with E-state index in [0.29, 0.717) is 4.47 Å². The molecule has 1 unspecified atom stereocenters. The van der Waals surface area contributed by atoms with Crippen LogP contribution in [0.15, 0.2) is 22.7 Å². The summed E-state index contributed by atoms with van der Waals surface area (Å²) in [4.78, 5) is 21.7. The van der Waals surface area contributed by atoms with E-state index in [0.717, 1.165) is 6.07 Å². The summed E-state index contributed by atoms with van der Waals surface area (Å²) in [5.74, 6) is -3.96. The van der Waals surface area contributed by atoms with Gasteiger partial charge in [-0.25, -0.2) is 4.79 Å². The van der Waals surface area contributed by atoms with Gasteiger partial charge in [-0.05, 0) is 33.6 Å². The van der Waals surface area contributed by atoms with Crippen molar-refractivity contribution in [1.82, 2.24) is 5.32 Å². The fourth-order valence-electron chi connectivity index (χ4n) is 1.19. The molecule has 1 amide bonds. The van der Waals surface area contributed by atoms with Crippen LogP contribution in [0.3, 0.4) is 0 Å². The van der Waals surface area contributed by atoms with Crippen LogP contribution in [0.5, 0.6) is 0 Å². The molecule has 0 heterocycles. The van der Waals surface area contributed by atoms with Crippen molar-refractivity contribution in [2.24, 2.45) is 0 Å². The number of benzene rings is 1. The summed E-state index contributed by atoms with van der Waals surface area (Å²) in [5, 5.41) is 10.4. The number of carbonyl (C=O) groups is 2. The summed E-state index contributed by atoms with van der Waals surface area (Å²) in [6.45, 7) is 0. The van der Waals surface area contributed by atoms with Crippen LogP contribution >= 0.6 is 27.5 Å². The second-order valence-corrected chi connectivity index (χ2v) is 4.68. The fraction of sp³-hybridized carbons (Fsp3) is 0.200. The van der Waals surface area contributed by atoms with E-state index in [1.165, 1.54) is 17.4 Å². The Morgan fingerprint density at radius 1 is 1.37 bits per heavy atom. The maximum atomic E-state index is 12.1. The zero-order chi connectivity index (χ0) is 14.8. The minimum Gasteiger partial charge on any atom is -0.479 e. The van der Waals surface area contributed by atoms with Gasteiger partial charge in [-0.15, -0.1) is 0 Å². The Balaban J connectivity index is 3.05. The van der Waals surface area contributed by atoms with Crippen LogP contribution in [0, 0.1) is 0 Å². The molecule has 0 aromatic heterocycles. The van der Waals surface area contributed by atoms with E-state index in [9.17, 15) is 22.8 Å². The topological polar surface area (TPSA) is 66.4 Å². The smallest absolute Gasteiger partial charge is 0.471 e. The van der Waals surface area contributed by atoms with Gasteiger partial charge in [0.05, 0.1) is 5.02 Å². The van der Waals surface area contributed by atoms with Gasteiger partial charge in [0, 0.05) is 4.47 Å². The Hall–Kier alpha value is -1.28. The number of hydrogen-bond donors (Lipinski definition) is 2. The Bertz CT molecular complexity index is 521. The highest BCUT2D eigenvalue weighted by Crippen LogP contribution is 2.27. The molecule has 0 saturated carbocycles. The molecule has 1 rings (SSSR count). The van der Waals surface area contributed by atoms with Crippen LogP contribution in [-0.2, 0) is 9.59 Å². The van der Waals surface area contributed by atoms with Crippen molar-refractivity contribution in [2.45, 2.75) is 12.2 Å². The van der Waals surface area contributed by atoms with E-state index < -0.39 is 24.1 Å². The summed E-state index contributed by atoms with van der Waals surface area (Å²) < 4.78 is 36.7. The van der Waals surface area contributed by atoms with Crippen LogP contribution in [0.2, 0.25) is 5.02 Å². The first-order chi connectivity index (χ1) is 8.62. The standard InChI is InChI=1S/C10H6BrClF3NO3/c11-5-2-1-4(3-6(5)12)7(8(17)18)16-9(19)10(13,14)15/h1-3,7H,(H,16,19)(H,17,18). The van der Waals surface area contributed by atoms with Gasteiger partial charge in [-0.1, -0.05) is 17.7 Å². The van der Waals surface area contributed by atoms with E-state index in [1.807, 2.05) is 0 Å². The molecule has 2 N–H and O–H groups in total. The third-order valence-electron chi connectivity index (χ3n) is 2.06. The van der Waals surface area contributed by atoms with Gasteiger partial charge < -0.3 is 10.4 Å². The van der Waals surface area contributed by atoms with Gasteiger partial charge in [0.25, 0.3) is 0 Å². The normalized spacial score (nSPS) is 12.9. The van der Waals surface area contributed by atoms with Gasteiger partial charge in [-0.2, -0.15) is 13.2 Å². The maximum absolute atomic E-state index is 12.1. The van der Waals surface area contributed by atoms with E-state index in [2.05, 4.69) is 15.9 Å². The number of carboxylic acids is 1. The summed E-state index contributed by atoms with van der Waals surface area (Å²) in [7, 11) is 0. The molecule has 0 aliphatic rings. The summed E-state index contributed by atoms with van der Waals surface area (Å²) in [5.41, 5.74) is -0.0710. The lowest BCUT2D eigenvalue weighted by molar-refractivity contribution is -0.175. The maximum Gasteiger partial charge on any atom is 0.471 e. The average Bonchev–Trinajstić information content (AvgIpc) is 2.27. The number of carboxylic acid groups (broad SMARTS) is 1. The first kappa shape index (κ1) is 15.8. The molecule has 9 heteroatoms. The van der Waals surface area contributed by atoms with Gasteiger partial charge >= 0.3 is 18.1 Å². The first-order valence-electron chi connectivity index (χ1n) is 4.68. The quantitative estimate of drug-likeness (QED) is 0.871. The van der Waals surface area contributed by atoms with Crippen molar-refractivity contribution >= 4 is 39.4 Å². The largest absolute Gasteiger partial charge is 0.479 e. The monoisotopic (exact) mass is 359 g/mol. The highest BCUT2D eigenvalue weighted by molar-refractivity contribution is 9.10. The molecule has 0 aliphatic heterocycles. The molecule has 0 saturated heterocycles. The van der Waals surface area contributed by atoms with Gasteiger partial charge in [-0.3, -0.25) is 4.79 Å². The number of carbonyl (C=O) groups excluding carboxylic acids is 1. The molecule has 19 heavy (non-hydrogen) atoms. The first-order valence-corrected chi connectivity index (χ1v) is 5.85. The second kappa shape index (κ2) is 5.79. The lowest BCUT2D eigenvalue weighted by Crippen LogP contribution is -2.41. The molecule has 1 aromatic carbocycles. The van der Waals surface area contributed by atoms with Crippen molar-refractivity contribution in [3.8, 4) is 0 Å². The van der Waals surface area contributed by atoms with Gasteiger partial charge in [0.15, 0.2) is 6.04 Å². The van der Waals surface area contributed by atoms with E-state index >= 15 is 0 Å². The molecule has 0 spiro atoms. The number of aliphatic carboxylic acids is 1. The van der Waals surface area contributed by atoms with Crippen LogP contribution < -0.4 is 5.32 Å². The minimum absolute atomic E-state index is 0.0710. The molecule has 0 radical (unpaired) electrons. The van der Waals surface area contributed by atoms with E-state index in [-0.39, 0.29) is 10.6 Å². The molecule has 1 atom stereocenters. The molecule has 1 aromatic rings. The van der Waals surface area contributed by atoms with Gasteiger partial charge in [0.2, 0.25) is 0 Å². The highest BCUT2D eigenvalue weighted by atomic mass is 79.9. The fourth-order valence-corrected chi connectivity index (χ4v) is 1.63. The molecule has 0 aliphatic carbocycles. The Morgan fingerprint density at radius 2 is 1.95 bits per heavy atom. The average molecular weight is 361 g/mol. The molecule has 4 nitrogen and oxygen atoms in total. The van der Waals surface area contributed by atoms with Crippen LogP contribution in [0.1, 0.15) is 11.6 Å². The Labute approximate surface area is 118 Å². The summed E-state index contributed by atoms with van der Waals surface area (Å²) in [6, 6.07) is 1.93. The predicted octanol–water partition coefficient (Wildman–Crippen LogP) is 2.91. The minimum atomic E-state index is -5.16. The third kappa shape index (κ3) is 4.10. The van der Waals surface area contributed by atoms with E-state index in [1.54, 1.807) is 0 Å². The zero-order valence-electron chi connectivity index (χ0n) is 8.96. The van der Waals surface area contributed by atoms with Crippen molar-refractivity contribution < 1.29 is 27.9 Å². The molecule has 0 fully saturated rings. The van der Waals surface area contributed by atoms with Crippen LogP contribution in [-0.4, -0.2) is 23.2 Å². The van der Waals surface area contributed by atoms with Crippen molar-refractivity contribution in [1.29, 1.82) is 0 Å². The lowest BCUT2D eigenvalue weighted by atomic mass is 10.1. The summed E-state index contributed by atoms with van der Waals surface area (Å²) in [6.07, 6.45) is -5.16. The molecule has 0 bridgehead atoms. The van der Waals surface area contributed by atoms with Crippen molar-refractivity contribution in [3.63, 3.8) is 0 Å². The molecular weight excluding hydrogens is 354 g/mol. The highest BCUT2D eigenvalue weighted by Gasteiger charge is 2.41. The van der Waals surface area contributed by atoms with Crippen molar-refractivity contribution in [3.05, 3.63) is 33.3 Å². The Kier molecular flexibility index (Phi) is 4.81. The van der Waals surface area contributed by atoms with Crippen LogP contribution in [0.4, 0.5) is 13.2 Å². The SMILES string of the molecule is O=C(O)C(NC(=O)C(F)(F)F)c1ccc(Br)c(Cl)c1. The number of hydrogen-bond acceptors (Lipinski definition) is 2. The number of halogens is 5. The second-order valence-electron chi connectivity index (χ2n) is 3.42. The van der Waals surface area contributed by atoms with Gasteiger partial charge in [0.1, 0.15) is 0 Å². The van der Waals surface area contributed by atoms with Crippen LogP contribution in [0.25, 0.3) is 0 Å². The Morgan fingerprint density at radius 3 is 2.37 bits per heavy atom. The zero-order valence-corrected chi connectivity index (χ0v) is 11.3. The van der Waals surface area contributed by atoms with E-state index in [4.69, 9.17) is 16.7 Å². The van der Waals surface area contributed by atoms with Crippen molar-refractivity contribution in [2.75, 3.05) is 0 Å². The molecule has 104 valence electrons. The number of amides is 1.